The maximum Gasteiger partial charge on any atom is 0.433 e. The van der Waals surface area contributed by atoms with Gasteiger partial charge in [-0.25, -0.2) is 19.9 Å². The highest BCUT2D eigenvalue weighted by molar-refractivity contribution is 5.75. The van der Waals surface area contributed by atoms with Crippen LogP contribution in [0.15, 0.2) is 18.5 Å². The molecule has 3 aromatic heterocycles. The molecule has 0 aliphatic heterocycles. The van der Waals surface area contributed by atoms with Crippen LogP contribution in [0.25, 0.3) is 22.6 Å². The lowest BCUT2D eigenvalue weighted by Gasteiger charge is -2.15. The fraction of sp³-hybridized carbons (Fsp3) is 0.444. The summed E-state index contributed by atoms with van der Waals surface area (Å²) < 4.78 is 45.8. The topological polar surface area (TPSA) is 65.7 Å². The summed E-state index contributed by atoms with van der Waals surface area (Å²) in [6.07, 6.45) is -0.986. The van der Waals surface area contributed by atoms with Gasteiger partial charge in [-0.2, -0.15) is 13.2 Å². The number of fused-ring (bicyclic) bond motifs is 1. The van der Waals surface area contributed by atoms with Crippen molar-refractivity contribution in [2.75, 3.05) is 7.11 Å². The Morgan fingerprint density at radius 2 is 1.81 bits per heavy atom. The second kappa shape index (κ2) is 7.13. The molecule has 3 heterocycles. The standard InChI is InChI=1S/C18H20F3N5O/c1-5-11(6-2)26-9-22-15-16(26)23-10(3)14(25-15)12-7-8-13(18(19,20)21)24-17(12)27-4/h7-9,11H,5-6H2,1-4H3. The van der Waals surface area contributed by atoms with Crippen molar-refractivity contribution in [3.63, 3.8) is 0 Å². The van der Waals surface area contributed by atoms with Crippen molar-refractivity contribution in [2.45, 2.75) is 45.8 Å². The van der Waals surface area contributed by atoms with E-state index in [1.54, 1.807) is 13.3 Å². The quantitative estimate of drug-likeness (QED) is 0.649. The number of hydrogen-bond donors (Lipinski definition) is 0. The highest BCUT2D eigenvalue weighted by atomic mass is 19.4. The summed E-state index contributed by atoms with van der Waals surface area (Å²) in [5.74, 6) is -0.152. The van der Waals surface area contributed by atoms with Crippen LogP contribution in [0.5, 0.6) is 5.88 Å². The monoisotopic (exact) mass is 379 g/mol. The second-order valence-electron chi connectivity index (χ2n) is 6.18. The summed E-state index contributed by atoms with van der Waals surface area (Å²) in [5, 5.41) is 0. The number of ether oxygens (including phenoxy) is 1. The fourth-order valence-electron chi connectivity index (χ4n) is 3.07. The SMILES string of the molecule is CCC(CC)n1cnc2nc(-c3ccc(C(F)(F)F)nc3OC)c(C)nc21. The van der Waals surface area contributed by atoms with E-state index in [0.29, 0.717) is 28.2 Å². The van der Waals surface area contributed by atoms with Crippen molar-refractivity contribution in [3.05, 3.63) is 29.8 Å². The Balaban J connectivity index is 2.14. The van der Waals surface area contributed by atoms with E-state index in [1.165, 1.54) is 13.2 Å². The van der Waals surface area contributed by atoms with Crippen LogP contribution in [0.4, 0.5) is 13.2 Å². The van der Waals surface area contributed by atoms with Gasteiger partial charge >= 0.3 is 6.18 Å². The number of nitrogens with zero attached hydrogens (tertiary/aromatic N) is 5. The summed E-state index contributed by atoms with van der Waals surface area (Å²) in [7, 11) is 1.27. The molecule has 3 rings (SSSR count). The molecule has 0 N–H and O–H groups in total. The summed E-state index contributed by atoms with van der Waals surface area (Å²) in [4.78, 5) is 17.0. The van der Waals surface area contributed by atoms with Crippen LogP contribution in [0, 0.1) is 6.92 Å². The number of pyridine rings is 1. The molecule has 144 valence electrons. The molecular weight excluding hydrogens is 359 g/mol. The van der Waals surface area contributed by atoms with Gasteiger partial charge < -0.3 is 9.30 Å². The normalized spacial score (nSPS) is 12.1. The first-order valence-corrected chi connectivity index (χ1v) is 8.63. The summed E-state index contributed by atoms with van der Waals surface area (Å²) >= 11 is 0. The van der Waals surface area contributed by atoms with Gasteiger partial charge in [-0.3, -0.25) is 0 Å². The number of rotatable bonds is 5. The fourth-order valence-corrected chi connectivity index (χ4v) is 3.07. The molecule has 0 bridgehead atoms. The first-order valence-electron chi connectivity index (χ1n) is 8.63. The van der Waals surface area contributed by atoms with Gasteiger partial charge in [0.1, 0.15) is 5.69 Å². The predicted octanol–water partition coefficient (Wildman–Crippen LogP) is 4.59. The zero-order valence-electron chi connectivity index (χ0n) is 15.5. The highest BCUT2D eigenvalue weighted by Crippen LogP contribution is 2.35. The van der Waals surface area contributed by atoms with Gasteiger partial charge in [0.25, 0.3) is 0 Å². The van der Waals surface area contributed by atoms with Crippen LogP contribution in [-0.4, -0.2) is 31.6 Å². The molecule has 6 nitrogen and oxygen atoms in total. The molecule has 0 saturated carbocycles. The lowest BCUT2D eigenvalue weighted by Crippen LogP contribution is -2.10. The van der Waals surface area contributed by atoms with E-state index in [2.05, 4.69) is 33.8 Å². The van der Waals surface area contributed by atoms with Crippen molar-refractivity contribution in [3.8, 4) is 17.1 Å². The molecule has 9 heteroatoms. The molecule has 0 unspecified atom stereocenters. The number of alkyl halides is 3. The van der Waals surface area contributed by atoms with Crippen LogP contribution < -0.4 is 4.74 Å². The van der Waals surface area contributed by atoms with Crippen LogP contribution in [-0.2, 0) is 6.18 Å². The summed E-state index contributed by atoms with van der Waals surface area (Å²) in [6.45, 7) is 5.93. The Morgan fingerprint density at radius 3 is 2.41 bits per heavy atom. The summed E-state index contributed by atoms with van der Waals surface area (Å²) in [6, 6.07) is 2.47. The number of aromatic nitrogens is 5. The molecule has 0 aromatic carbocycles. The van der Waals surface area contributed by atoms with Gasteiger partial charge in [-0.05, 0) is 31.9 Å². The van der Waals surface area contributed by atoms with Crippen molar-refractivity contribution in [1.29, 1.82) is 0 Å². The third kappa shape index (κ3) is 3.45. The molecule has 0 atom stereocenters. The largest absolute Gasteiger partial charge is 0.480 e. The molecule has 0 fully saturated rings. The van der Waals surface area contributed by atoms with Crippen LogP contribution in [0.1, 0.15) is 44.1 Å². The Bertz CT molecular complexity index is 964. The molecule has 27 heavy (non-hydrogen) atoms. The lowest BCUT2D eigenvalue weighted by molar-refractivity contribution is -0.141. The van der Waals surface area contributed by atoms with Gasteiger partial charge in [0, 0.05) is 6.04 Å². The van der Waals surface area contributed by atoms with Crippen LogP contribution >= 0.6 is 0 Å². The summed E-state index contributed by atoms with van der Waals surface area (Å²) in [5.41, 5.74) is 1.38. The number of methoxy groups -OCH3 is 1. The van der Waals surface area contributed by atoms with E-state index < -0.39 is 11.9 Å². The number of hydrogen-bond acceptors (Lipinski definition) is 5. The first kappa shape index (κ1) is 19.1. The van der Waals surface area contributed by atoms with Gasteiger partial charge in [0.05, 0.1) is 30.4 Å². The zero-order chi connectivity index (χ0) is 19.8. The van der Waals surface area contributed by atoms with E-state index in [1.807, 2.05) is 4.57 Å². The van der Waals surface area contributed by atoms with E-state index in [9.17, 15) is 13.2 Å². The van der Waals surface area contributed by atoms with E-state index in [0.717, 1.165) is 18.9 Å². The minimum Gasteiger partial charge on any atom is -0.480 e. The number of aryl methyl sites for hydroxylation is 1. The molecule has 0 saturated heterocycles. The van der Waals surface area contributed by atoms with Crippen molar-refractivity contribution in [1.82, 2.24) is 24.5 Å². The van der Waals surface area contributed by atoms with Gasteiger partial charge in [0.2, 0.25) is 5.88 Å². The van der Waals surface area contributed by atoms with Crippen LogP contribution in [0.2, 0.25) is 0 Å². The smallest absolute Gasteiger partial charge is 0.433 e. The lowest BCUT2D eigenvalue weighted by atomic mass is 10.1. The third-order valence-electron chi connectivity index (χ3n) is 4.52. The number of imidazole rings is 1. The Hall–Kier alpha value is -2.71. The van der Waals surface area contributed by atoms with Gasteiger partial charge in [-0.1, -0.05) is 13.8 Å². The van der Waals surface area contributed by atoms with Crippen molar-refractivity contribution >= 4 is 11.3 Å². The average Bonchev–Trinajstić information content (AvgIpc) is 3.03. The van der Waals surface area contributed by atoms with Crippen molar-refractivity contribution in [2.24, 2.45) is 0 Å². The molecule has 0 amide bonds. The predicted molar refractivity (Wildman–Crippen MR) is 94.5 cm³/mol. The third-order valence-corrected chi connectivity index (χ3v) is 4.52. The first-order chi connectivity index (χ1) is 12.8. The number of halogens is 3. The maximum absolute atomic E-state index is 12.9. The molecule has 3 aromatic rings. The Labute approximate surface area is 154 Å². The molecular formula is C18H20F3N5O. The molecule has 0 aliphatic rings. The molecule has 0 radical (unpaired) electrons. The zero-order valence-corrected chi connectivity index (χ0v) is 15.5. The second-order valence-corrected chi connectivity index (χ2v) is 6.18. The van der Waals surface area contributed by atoms with E-state index in [-0.39, 0.29) is 11.9 Å². The van der Waals surface area contributed by atoms with E-state index in [4.69, 9.17) is 4.74 Å². The minimum atomic E-state index is -4.55. The molecule has 0 spiro atoms. The van der Waals surface area contributed by atoms with Crippen molar-refractivity contribution < 1.29 is 17.9 Å². The maximum atomic E-state index is 12.9. The molecule has 0 aliphatic carbocycles. The van der Waals surface area contributed by atoms with Crippen LogP contribution in [0.3, 0.4) is 0 Å². The van der Waals surface area contributed by atoms with Gasteiger partial charge in [-0.15, -0.1) is 0 Å². The van der Waals surface area contributed by atoms with Gasteiger partial charge in [0.15, 0.2) is 11.3 Å². The highest BCUT2D eigenvalue weighted by Gasteiger charge is 2.33. The minimum absolute atomic E-state index is 0.152. The Morgan fingerprint density at radius 1 is 1.11 bits per heavy atom. The Kier molecular flexibility index (Phi) is 5.03. The average molecular weight is 379 g/mol. The van der Waals surface area contributed by atoms with E-state index >= 15 is 0 Å².